The quantitative estimate of drug-likeness (QED) is 0.540. The normalized spacial score (nSPS) is 13.9. The van der Waals surface area contributed by atoms with Crippen molar-refractivity contribution in [2.75, 3.05) is 4.72 Å². The van der Waals surface area contributed by atoms with Gasteiger partial charge in [0.05, 0.1) is 11.1 Å². The topological polar surface area (TPSA) is 128 Å². The van der Waals surface area contributed by atoms with Crippen molar-refractivity contribution in [1.82, 2.24) is 25.1 Å². The molecule has 1 fully saturated rings. The van der Waals surface area contributed by atoms with E-state index >= 15 is 0 Å². The highest BCUT2D eigenvalue weighted by molar-refractivity contribution is 7.95. The van der Waals surface area contributed by atoms with Crippen LogP contribution in [0.1, 0.15) is 18.4 Å². The highest BCUT2D eigenvalue weighted by atomic mass is 32.2. The molecule has 11 heteroatoms. The van der Waals surface area contributed by atoms with Gasteiger partial charge in [0.1, 0.15) is 6.54 Å². The maximum Gasteiger partial charge on any atom is 0.368 e. The number of anilines is 1. The largest absolute Gasteiger partial charge is 0.368 e. The molecule has 0 bridgehead atoms. The predicted molar refractivity (Wildman–Crippen MR) is 115 cm³/mol. The standard InChI is InChI=1S/C20H20N6O4S/c27-19(21-16-6-7-16)14-25-20(28)26(24-23-25)18-10-8-17(9-11-18)22-31(29,30)13-12-15-4-2-1-3-5-15/h1-5,8-13,16,22H,6-7,14H2,(H,21,27)/b13-12+. The van der Waals surface area contributed by atoms with E-state index in [2.05, 4.69) is 20.5 Å². The van der Waals surface area contributed by atoms with E-state index in [0.29, 0.717) is 11.4 Å². The third-order valence-electron chi connectivity index (χ3n) is 4.49. The lowest BCUT2D eigenvalue weighted by Gasteiger charge is -2.05. The van der Waals surface area contributed by atoms with E-state index in [0.717, 1.165) is 33.2 Å². The first-order valence-electron chi connectivity index (χ1n) is 9.58. The van der Waals surface area contributed by atoms with Crippen LogP contribution in [0.25, 0.3) is 11.8 Å². The molecule has 0 aliphatic heterocycles. The van der Waals surface area contributed by atoms with Crippen molar-refractivity contribution in [2.24, 2.45) is 0 Å². The van der Waals surface area contributed by atoms with Crippen LogP contribution in [0.2, 0.25) is 0 Å². The molecule has 4 rings (SSSR count). The number of carbonyl (C=O) groups is 1. The molecule has 1 aliphatic rings. The summed E-state index contributed by atoms with van der Waals surface area (Å²) in [5.74, 6) is -0.287. The first-order valence-corrected chi connectivity index (χ1v) is 11.1. The van der Waals surface area contributed by atoms with Gasteiger partial charge in [-0.15, -0.1) is 0 Å². The molecular weight excluding hydrogens is 420 g/mol. The molecule has 10 nitrogen and oxygen atoms in total. The van der Waals surface area contributed by atoms with Crippen molar-refractivity contribution in [2.45, 2.75) is 25.4 Å². The number of hydrogen-bond donors (Lipinski definition) is 2. The molecule has 1 aromatic heterocycles. The molecule has 3 aromatic rings. The van der Waals surface area contributed by atoms with Gasteiger partial charge in [-0.2, -0.15) is 9.36 Å². The molecule has 0 spiro atoms. The number of aromatic nitrogens is 4. The Bertz CT molecular complexity index is 1260. The summed E-state index contributed by atoms with van der Waals surface area (Å²) in [6.45, 7) is -0.207. The first kappa shape index (κ1) is 20.5. The fourth-order valence-corrected chi connectivity index (χ4v) is 3.64. The second kappa shape index (κ2) is 8.56. The number of benzene rings is 2. The molecule has 1 aliphatic carbocycles. The summed E-state index contributed by atoms with van der Waals surface area (Å²) < 4.78 is 29.0. The zero-order valence-corrected chi connectivity index (χ0v) is 17.2. The Balaban J connectivity index is 1.43. The maximum atomic E-state index is 12.4. The van der Waals surface area contributed by atoms with Gasteiger partial charge in [-0.3, -0.25) is 9.52 Å². The number of amides is 1. The smallest absolute Gasteiger partial charge is 0.352 e. The number of nitrogens with zero attached hydrogens (tertiary/aromatic N) is 4. The lowest BCUT2D eigenvalue weighted by Crippen LogP contribution is -2.34. The van der Waals surface area contributed by atoms with Crippen molar-refractivity contribution < 1.29 is 13.2 Å². The highest BCUT2D eigenvalue weighted by Gasteiger charge is 2.24. The second-order valence-corrected chi connectivity index (χ2v) is 8.65. The van der Waals surface area contributed by atoms with E-state index in [1.165, 1.54) is 30.3 Å². The summed E-state index contributed by atoms with van der Waals surface area (Å²) in [6, 6.07) is 15.3. The minimum absolute atomic E-state index is 0.192. The summed E-state index contributed by atoms with van der Waals surface area (Å²) in [5.41, 5.74) is 0.911. The van der Waals surface area contributed by atoms with Gasteiger partial charge in [0, 0.05) is 11.7 Å². The van der Waals surface area contributed by atoms with E-state index in [1.54, 1.807) is 12.1 Å². The minimum Gasteiger partial charge on any atom is -0.352 e. The summed E-state index contributed by atoms with van der Waals surface area (Å²) >= 11 is 0. The van der Waals surface area contributed by atoms with Gasteiger partial charge in [-0.25, -0.2) is 13.2 Å². The average Bonchev–Trinajstić information content (AvgIpc) is 3.50. The van der Waals surface area contributed by atoms with Gasteiger partial charge in [0.15, 0.2) is 0 Å². The molecule has 0 atom stereocenters. The van der Waals surface area contributed by atoms with Crippen LogP contribution in [-0.4, -0.2) is 40.2 Å². The fourth-order valence-electron chi connectivity index (χ4n) is 2.77. The Hall–Kier alpha value is -3.73. The SMILES string of the molecule is O=C(Cn1nnn(-c2ccc(NS(=O)(=O)/C=C/c3ccccc3)cc2)c1=O)NC1CC1. The Labute approximate surface area is 178 Å². The van der Waals surface area contributed by atoms with Gasteiger partial charge in [0.2, 0.25) is 5.91 Å². The third-order valence-corrected chi connectivity index (χ3v) is 5.50. The van der Waals surface area contributed by atoms with Gasteiger partial charge >= 0.3 is 5.69 Å². The first-order chi connectivity index (χ1) is 14.9. The number of rotatable bonds is 8. The lowest BCUT2D eigenvalue weighted by atomic mass is 10.2. The van der Waals surface area contributed by atoms with Crippen LogP contribution in [0.3, 0.4) is 0 Å². The molecule has 0 radical (unpaired) electrons. The monoisotopic (exact) mass is 440 g/mol. The van der Waals surface area contributed by atoms with Crippen molar-refractivity contribution in [1.29, 1.82) is 0 Å². The van der Waals surface area contributed by atoms with Gasteiger partial charge < -0.3 is 5.32 Å². The Kier molecular flexibility index (Phi) is 5.67. The maximum absolute atomic E-state index is 12.4. The van der Waals surface area contributed by atoms with Gasteiger partial charge in [-0.05, 0) is 59.2 Å². The zero-order chi connectivity index (χ0) is 21.8. The molecule has 1 amide bonds. The number of hydrogen-bond acceptors (Lipinski definition) is 6. The molecule has 0 unspecified atom stereocenters. The Morgan fingerprint density at radius 3 is 2.45 bits per heavy atom. The van der Waals surface area contributed by atoms with E-state index in [-0.39, 0.29) is 18.5 Å². The van der Waals surface area contributed by atoms with Crippen LogP contribution in [0.4, 0.5) is 5.69 Å². The molecule has 2 aromatic carbocycles. The van der Waals surface area contributed by atoms with Crippen molar-refractivity contribution in [3.05, 3.63) is 76.1 Å². The van der Waals surface area contributed by atoms with Gasteiger partial charge in [0.25, 0.3) is 10.0 Å². The van der Waals surface area contributed by atoms with E-state index in [9.17, 15) is 18.0 Å². The zero-order valence-electron chi connectivity index (χ0n) is 16.4. The average molecular weight is 440 g/mol. The number of sulfonamides is 1. The van der Waals surface area contributed by atoms with Crippen LogP contribution in [0, 0.1) is 0 Å². The molecule has 2 N–H and O–H groups in total. The molecule has 1 heterocycles. The third kappa shape index (κ3) is 5.45. The van der Waals surface area contributed by atoms with E-state index < -0.39 is 15.7 Å². The molecule has 0 saturated heterocycles. The van der Waals surface area contributed by atoms with Crippen molar-refractivity contribution >= 4 is 27.7 Å². The molecule has 160 valence electrons. The van der Waals surface area contributed by atoms with Crippen LogP contribution < -0.4 is 15.7 Å². The summed E-state index contributed by atoms with van der Waals surface area (Å²) in [5, 5.41) is 11.4. The molecular formula is C20H20N6O4S. The number of carbonyl (C=O) groups excluding carboxylic acids is 1. The van der Waals surface area contributed by atoms with Crippen molar-refractivity contribution in [3.8, 4) is 5.69 Å². The van der Waals surface area contributed by atoms with Crippen LogP contribution in [0.5, 0.6) is 0 Å². The number of nitrogens with one attached hydrogen (secondary N) is 2. The highest BCUT2D eigenvalue weighted by Crippen LogP contribution is 2.18. The van der Waals surface area contributed by atoms with Crippen LogP contribution in [-0.2, 0) is 21.4 Å². The summed E-state index contributed by atoms with van der Waals surface area (Å²) in [6.07, 6.45) is 3.39. The van der Waals surface area contributed by atoms with E-state index in [4.69, 9.17) is 0 Å². The van der Waals surface area contributed by atoms with Crippen molar-refractivity contribution in [3.63, 3.8) is 0 Å². The van der Waals surface area contributed by atoms with Crippen LogP contribution >= 0.6 is 0 Å². The fraction of sp³-hybridized carbons (Fsp3) is 0.200. The summed E-state index contributed by atoms with van der Waals surface area (Å²) in [4.78, 5) is 24.3. The second-order valence-electron chi connectivity index (χ2n) is 7.08. The van der Waals surface area contributed by atoms with Gasteiger partial charge in [-0.1, -0.05) is 30.3 Å². The predicted octanol–water partition coefficient (Wildman–Crippen LogP) is 1.12. The minimum atomic E-state index is -3.71. The lowest BCUT2D eigenvalue weighted by molar-refractivity contribution is -0.122. The Morgan fingerprint density at radius 1 is 1.06 bits per heavy atom. The van der Waals surface area contributed by atoms with Crippen LogP contribution in [0.15, 0.2) is 64.8 Å². The van der Waals surface area contributed by atoms with E-state index in [1.807, 2.05) is 18.2 Å². The Morgan fingerprint density at radius 2 is 1.77 bits per heavy atom. The molecule has 31 heavy (non-hydrogen) atoms. The summed E-state index contributed by atoms with van der Waals surface area (Å²) in [7, 11) is -3.71. The molecule has 1 saturated carbocycles. The number of tetrazole rings is 1.